The number of urea groups is 1. The van der Waals surface area contributed by atoms with E-state index in [2.05, 4.69) is 42.3 Å². The number of carbonyl (C=O) groups excluding carboxylic acids is 1. The Balaban J connectivity index is 1.53. The molecule has 0 saturated carbocycles. The van der Waals surface area contributed by atoms with E-state index in [0.717, 1.165) is 16.9 Å². The van der Waals surface area contributed by atoms with Gasteiger partial charge in [-0.05, 0) is 61.7 Å². The van der Waals surface area contributed by atoms with E-state index in [1.54, 1.807) is 34.5 Å². The van der Waals surface area contributed by atoms with E-state index in [1.807, 2.05) is 6.07 Å². The Labute approximate surface area is 178 Å². The van der Waals surface area contributed by atoms with Crippen molar-refractivity contribution in [2.45, 2.75) is 31.2 Å². The van der Waals surface area contributed by atoms with Gasteiger partial charge in [0.15, 0.2) is 0 Å². The number of amides is 2. The van der Waals surface area contributed by atoms with E-state index in [4.69, 9.17) is 0 Å². The molecule has 7 nitrogen and oxygen atoms in total. The van der Waals surface area contributed by atoms with Crippen LogP contribution in [0, 0.1) is 6.92 Å². The molecule has 0 bridgehead atoms. The van der Waals surface area contributed by atoms with Gasteiger partial charge in [-0.25, -0.2) is 13.2 Å². The summed E-state index contributed by atoms with van der Waals surface area (Å²) in [5.74, 6) is 0. The first-order chi connectivity index (χ1) is 14.3. The zero-order chi connectivity index (χ0) is 21.5. The number of aryl methyl sites for hydroxylation is 1. The van der Waals surface area contributed by atoms with Gasteiger partial charge in [0.05, 0.1) is 4.90 Å². The van der Waals surface area contributed by atoms with E-state index >= 15 is 0 Å². The molecule has 30 heavy (non-hydrogen) atoms. The molecule has 2 aromatic carbocycles. The fourth-order valence-corrected chi connectivity index (χ4v) is 5.93. The number of fused-ring (bicyclic) bond motifs is 1. The molecule has 2 aromatic rings. The topological polar surface area (TPSA) is 73.0 Å². The van der Waals surface area contributed by atoms with Crippen molar-refractivity contribution in [2.75, 3.05) is 43.0 Å². The summed E-state index contributed by atoms with van der Waals surface area (Å²) in [6.07, 6.45) is 0.656. The highest BCUT2D eigenvalue weighted by Gasteiger charge is 2.34. The molecule has 160 valence electrons. The van der Waals surface area contributed by atoms with Crippen LogP contribution < -0.4 is 15.1 Å². The molecule has 8 heteroatoms. The Morgan fingerprint density at radius 1 is 1.10 bits per heavy atom. The van der Waals surface area contributed by atoms with Crippen LogP contribution in [0.5, 0.6) is 0 Å². The second-order valence-corrected chi connectivity index (χ2v) is 9.93. The van der Waals surface area contributed by atoms with Gasteiger partial charge in [-0.2, -0.15) is 4.31 Å². The maximum absolute atomic E-state index is 13.3. The van der Waals surface area contributed by atoms with Gasteiger partial charge < -0.3 is 10.2 Å². The summed E-state index contributed by atoms with van der Waals surface area (Å²) in [6.45, 7) is 6.23. The lowest BCUT2D eigenvalue weighted by atomic mass is 10.1. The second kappa shape index (κ2) is 7.92. The standard InChI is InChI=1S/C22H28N4O3S/c1-16-5-4-6-19(13-16)25-12-11-24(15-17(25)2)30(28,29)20-7-8-21-18(14-20)9-10-26(21)22(27)23-3/h4-8,13-14,17H,9-12,15H2,1-3H3,(H,23,27)/t17-/m0/s1. The summed E-state index contributed by atoms with van der Waals surface area (Å²) in [6, 6.07) is 13.3. The van der Waals surface area contributed by atoms with Gasteiger partial charge in [0.2, 0.25) is 10.0 Å². The fourth-order valence-electron chi connectivity index (χ4n) is 4.37. The predicted octanol–water partition coefficient (Wildman–Crippen LogP) is 2.60. The number of carbonyl (C=O) groups is 1. The average molecular weight is 429 g/mol. The SMILES string of the molecule is CNC(=O)N1CCc2cc(S(=O)(=O)N3CCN(c4cccc(C)c4)[C@@H](C)C3)ccc21. The molecular formula is C22H28N4O3S. The van der Waals surface area contributed by atoms with E-state index in [-0.39, 0.29) is 12.1 Å². The number of nitrogens with zero attached hydrogens (tertiary/aromatic N) is 3. The minimum atomic E-state index is -3.59. The zero-order valence-corrected chi connectivity index (χ0v) is 18.4. The maximum atomic E-state index is 13.3. The lowest BCUT2D eigenvalue weighted by molar-refractivity contribution is 0.248. The molecule has 1 atom stereocenters. The molecule has 0 aromatic heterocycles. The molecule has 4 rings (SSSR count). The first-order valence-corrected chi connectivity index (χ1v) is 11.7. The maximum Gasteiger partial charge on any atom is 0.321 e. The van der Waals surface area contributed by atoms with Gasteiger partial charge in [0, 0.05) is 50.6 Å². The predicted molar refractivity (Wildman–Crippen MR) is 119 cm³/mol. The minimum Gasteiger partial charge on any atom is -0.366 e. The van der Waals surface area contributed by atoms with Gasteiger partial charge in [0.25, 0.3) is 0 Å². The molecular weight excluding hydrogens is 400 g/mol. The van der Waals surface area contributed by atoms with Crippen LogP contribution in [-0.2, 0) is 16.4 Å². The van der Waals surface area contributed by atoms with Crippen LogP contribution in [0.4, 0.5) is 16.2 Å². The highest BCUT2D eigenvalue weighted by molar-refractivity contribution is 7.89. The third kappa shape index (κ3) is 3.65. The van der Waals surface area contributed by atoms with Gasteiger partial charge in [-0.1, -0.05) is 12.1 Å². The van der Waals surface area contributed by atoms with Gasteiger partial charge in [-0.15, -0.1) is 0 Å². The monoisotopic (exact) mass is 428 g/mol. The first-order valence-electron chi connectivity index (χ1n) is 10.3. The van der Waals surface area contributed by atoms with Crippen molar-refractivity contribution in [1.82, 2.24) is 9.62 Å². The summed E-state index contributed by atoms with van der Waals surface area (Å²) in [5.41, 5.74) is 4.00. The summed E-state index contributed by atoms with van der Waals surface area (Å²) < 4.78 is 28.2. The summed E-state index contributed by atoms with van der Waals surface area (Å²) >= 11 is 0. The number of anilines is 2. The minimum absolute atomic E-state index is 0.0773. The van der Waals surface area contributed by atoms with Crippen LogP contribution in [0.1, 0.15) is 18.1 Å². The second-order valence-electron chi connectivity index (χ2n) is 7.99. The number of hydrogen-bond donors (Lipinski definition) is 1. The van der Waals surface area contributed by atoms with Crippen molar-refractivity contribution in [3.63, 3.8) is 0 Å². The Hall–Kier alpha value is -2.58. The molecule has 1 fully saturated rings. The van der Waals surface area contributed by atoms with Crippen LogP contribution in [-0.4, -0.2) is 58.0 Å². The van der Waals surface area contributed by atoms with Gasteiger partial charge in [0.1, 0.15) is 0 Å². The quantitative estimate of drug-likeness (QED) is 0.816. The number of benzene rings is 2. The molecule has 0 spiro atoms. The molecule has 2 aliphatic rings. The highest BCUT2D eigenvalue weighted by atomic mass is 32.2. The molecule has 0 unspecified atom stereocenters. The Bertz CT molecular complexity index is 1070. The normalized spacial score (nSPS) is 19.6. The molecule has 0 radical (unpaired) electrons. The Morgan fingerprint density at radius 2 is 1.90 bits per heavy atom. The van der Waals surface area contributed by atoms with Crippen LogP contribution in [0.15, 0.2) is 47.4 Å². The largest absolute Gasteiger partial charge is 0.366 e. The van der Waals surface area contributed by atoms with Crippen LogP contribution in [0.25, 0.3) is 0 Å². The van der Waals surface area contributed by atoms with Crippen molar-refractivity contribution < 1.29 is 13.2 Å². The van der Waals surface area contributed by atoms with E-state index < -0.39 is 10.0 Å². The fraction of sp³-hybridized carbons (Fsp3) is 0.409. The van der Waals surface area contributed by atoms with Crippen molar-refractivity contribution in [3.05, 3.63) is 53.6 Å². The molecule has 1 saturated heterocycles. The number of sulfonamides is 1. The molecule has 0 aliphatic carbocycles. The zero-order valence-electron chi connectivity index (χ0n) is 17.6. The number of piperazine rings is 1. The molecule has 1 N–H and O–H groups in total. The van der Waals surface area contributed by atoms with Crippen LogP contribution in [0.3, 0.4) is 0 Å². The smallest absolute Gasteiger partial charge is 0.321 e. The third-order valence-electron chi connectivity index (χ3n) is 5.97. The van der Waals surface area contributed by atoms with Crippen LogP contribution >= 0.6 is 0 Å². The highest BCUT2D eigenvalue weighted by Crippen LogP contribution is 2.32. The lowest BCUT2D eigenvalue weighted by Gasteiger charge is -2.40. The lowest BCUT2D eigenvalue weighted by Crippen LogP contribution is -2.53. The van der Waals surface area contributed by atoms with Gasteiger partial charge in [-0.3, -0.25) is 4.90 Å². The van der Waals surface area contributed by atoms with E-state index in [0.29, 0.717) is 37.5 Å². The Morgan fingerprint density at radius 3 is 2.60 bits per heavy atom. The Kier molecular flexibility index (Phi) is 5.46. The van der Waals surface area contributed by atoms with Crippen LogP contribution in [0.2, 0.25) is 0 Å². The van der Waals surface area contributed by atoms with Crippen molar-refractivity contribution >= 4 is 27.4 Å². The van der Waals surface area contributed by atoms with E-state index in [1.165, 1.54) is 5.56 Å². The summed E-state index contributed by atoms with van der Waals surface area (Å²) in [4.78, 5) is 16.2. The summed E-state index contributed by atoms with van der Waals surface area (Å²) in [7, 11) is -1.99. The molecule has 2 aliphatic heterocycles. The summed E-state index contributed by atoms with van der Waals surface area (Å²) in [5, 5.41) is 2.63. The first kappa shape index (κ1) is 20.7. The van der Waals surface area contributed by atoms with E-state index in [9.17, 15) is 13.2 Å². The number of nitrogens with one attached hydrogen (secondary N) is 1. The molecule has 2 amide bonds. The third-order valence-corrected chi connectivity index (χ3v) is 7.83. The number of rotatable bonds is 3. The van der Waals surface area contributed by atoms with Crippen molar-refractivity contribution in [2.24, 2.45) is 0 Å². The van der Waals surface area contributed by atoms with Crippen molar-refractivity contribution in [3.8, 4) is 0 Å². The number of hydrogen-bond acceptors (Lipinski definition) is 4. The molecule has 2 heterocycles. The average Bonchev–Trinajstić information content (AvgIpc) is 3.16. The van der Waals surface area contributed by atoms with Gasteiger partial charge >= 0.3 is 6.03 Å². The van der Waals surface area contributed by atoms with Crippen molar-refractivity contribution in [1.29, 1.82) is 0 Å².